The van der Waals surface area contributed by atoms with Crippen LogP contribution >= 0.6 is 0 Å². The predicted octanol–water partition coefficient (Wildman–Crippen LogP) is 5.70. The fourth-order valence-electron chi connectivity index (χ4n) is 6.44. The van der Waals surface area contributed by atoms with Gasteiger partial charge in [-0.25, -0.2) is 19.6 Å². The van der Waals surface area contributed by atoms with Crippen LogP contribution in [0.15, 0.2) is 79.1 Å². The van der Waals surface area contributed by atoms with Gasteiger partial charge in [0.1, 0.15) is 11.0 Å². The molecule has 0 aliphatic carbocycles. The molecule has 0 saturated carbocycles. The average molecular weight is 712 g/mol. The van der Waals surface area contributed by atoms with Crippen LogP contribution in [0, 0.1) is 0 Å². The number of pyridine rings is 1. The molecule has 0 saturated heterocycles. The number of amides is 1. The second kappa shape index (κ2) is 16.1. The Hall–Kier alpha value is -5.34. The second-order valence-electron chi connectivity index (χ2n) is 13.2. The summed E-state index contributed by atoms with van der Waals surface area (Å²) in [5, 5.41) is 22.6. The molecule has 0 fully saturated rings. The van der Waals surface area contributed by atoms with Crippen LogP contribution in [-0.4, -0.2) is 77.1 Å². The van der Waals surface area contributed by atoms with E-state index in [1.807, 2.05) is 12.1 Å². The van der Waals surface area contributed by atoms with Gasteiger partial charge in [0.2, 0.25) is 11.8 Å². The summed E-state index contributed by atoms with van der Waals surface area (Å²) in [6.07, 6.45) is 4.46. The zero-order valence-corrected chi connectivity index (χ0v) is 30.8. The van der Waals surface area contributed by atoms with Crippen molar-refractivity contribution in [2.75, 3.05) is 31.5 Å². The van der Waals surface area contributed by atoms with Crippen molar-refractivity contribution in [1.29, 1.82) is 0 Å². The van der Waals surface area contributed by atoms with Crippen LogP contribution in [0.3, 0.4) is 0 Å². The van der Waals surface area contributed by atoms with E-state index < -0.39 is 20.4 Å². The summed E-state index contributed by atoms with van der Waals surface area (Å²) in [5.41, 5.74) is 1.54. The number of hydrogen-bond donors (Lipinski definition) is 3. The highest BCUT2D eigenvalue weighted by atomic mass is 28.4. The van der Waals surface area contributed by atoms with Gasteiger partial charge in [-0.2, -0.15) is 10.1 Å². The van der Waals surface area contributed by atoms with Crippen LogP contribution in [0.1, 0.15) is 62.9 Å². The summed E-state index contributed by atoms with van der Waals surface area (Å²) in [5.74, 6) is -0.354. The first-order chi connectivity index (χ1) is 24.5. The molecule has 13 nitrogen and oxygen atoms in total. The van der Waals surface area contributed by atoms with Gasteiger partial charge in [0.05, 0.1) is 32.5 Å². The molecule has 0 radical (unpaired) electrons. The first-order valence-corrected chi connectivity index (χ1v) is 18.8. The highest BCUT2D eigenvalue weighted by Crippen LogP contribution is 2.37. The van der Waals surface area contributed by atoms with Crippen LogP contribution < -0.4 is 25.7 Å². The van der Waals surface area contributed by atoms with Crippen molar-refractivity contribution in [1.82, 2.24) is 24.7 Å². The lowest BCUT2D eigenvalue weighted by Crippen LogP contribution is -2.66. The number of aromatic carboxylic acids is 1. The molecule has 1 atom stereocenters. The monoisotopic (exact) mass is 711 g/mol. The highest BCUT2D eigenvalue weighted by molar-refractivity contribution is 6.99. The van der Waals surface area contributed by atoms with E-state index >= 15 is 0 Å². The lowest BCUT2D eigenvalue weighted by molar-refractivity contribution is 0.0696. The molecule has 3 aromatic heterocycles. The molecule has 3 N–H and O–H groups in total. The van der Waals surface area contributed by atoms with E-state index in [1.54, 1.807) is 10.9 Å². The molecule has 0 spiro atoms. The Morgan fingerprint density at radius 3 is 2.20 bits per heavy atom. The van der Waals surface area contributed by atoms with Gasteiger partial charge >= 0.3 is 12.1 Å². The molecule has 268 valence electrons. The number of carboxylic acid groups (broad SMARTS) is 1. The fourth-order valence-corrected chi connectivity index (χ4v) is 11.0. The van der Waals surface area contributed by atoms with Gasteiger partial charge in [-0.1, -0.05) is 94.8 Å². The van der Waals surface area contributed by atoms with E-state index in [9.17, 15) is 14.7 Å². The van der Waals surface area contributed by atoms with Crippen LogP contribution in [0.5, 0.6) is 5.88 Å². The van der Waals surface area contributed by atoms with Gasteiger partial charge < -0.3 is 24.3 Å². The highest BCUT2D eigenvalue weighted by Gasteiger charge is 2.50. The molecule has 14 heteroatoms. The fraction of sp³-hybridized carbons (Fsp3) is 0.351. The van der Waals surface area contributed by atoms with Crippen LogP contribution in [-0.2, 0) is 15.7 Å². The number of fused-ring (bicyclic) bond motifs is 1. The number of nitrogens with zero attached hydrogens (tertiary/aromatic N) is 5. The summed E-state index contributed by atoms with van der Waals surface area (Å²) in [6.45, 7) is 9.50. The second-order valence-corrected chi connectivity index (χ2v) is 17.5. The van der Waals surface area contributed by atoms with E-state index in [2.05, 4.69) is 102 Å². The zero-order valence-electron chi connectivity index (χ0n) is 29.8. The molecule has 51 heavy (non-hydrogen) atoms. The maximum absolute atomic E-state index is 12.2. The van der Waals surface area contributed by atoms with Crippen LogP contribution in [0.2, 0.25) is 5.04 Å². The molecule has 1 unspecified atom stereocenters. The third-order valence-corrected chi connectivity index (χ3v) is 13.8. The Bertz CT molecular complexity index is 1910. The summed E-state index contributed by atoms with van der Waals surface area (Å²) in [6, 6.07) is 22.5. The molecule has 0 aliphatic heterocycles. The van der Waals surface area contributed by atoms with Crippen LogP contribution in [0.25, 0.3) is 11.0 Å². The molecular weight excluding hydrogens is 667 g/mol. The number of anilines is 2. The Balaban J connectivity index is 1.50. The Kier molecular flexibility index (Phi) is 11.7. The third kappa shape index (κ3) is 8.18. The summed E-state index contributed by atoms with van der Waals surface area (Å²) >= 11 is 0. The van der Waals surface area contributed by atoms with Crippen LogP contribution in [0.4, 0.5) is 16.6 Å². The molecule has 0 aliphatic rings. The number of ether oxygens (including phenoxy) is 2. The topological polar surface area (TPSA) is 163 Å². The number of carboxylic acids is 1. The molecule has 3 heterocycles. The summed E-state index contributed by atoms with van der Waals surface area (Å²) in [4.78, 5) is 37.3. The van der Waals surface area contributed by atoms with Crippen molar-refractivity contribution in [3.8, 4) is 5.88 Å². The van der Waals surface area contributed by atoms with E-state index in [0.29, 0.717) is 35.4 Å². The van der Waals surface area contributed by atoms with Gasteiger partial charge in [-0.15, -0.1) is 0 Å². The number of methoxy groups -OCH3 is 2. The van der Waals surface area contributed by atoms with Crippen molar-refractivity contribution in [2.45, 2.75) is 64.6 Å². The molecule has 5 rings (SSSR count). The summed E-state index contributed by atoms with van der Waals surface area (Å²) in [7, 11) is -0.0227. The third-order valence-electron chi connectivity index (χ3n) is 8.75. The molecule has 2 aromatic carbocycles. The lowest BCUT2D eigenvalue weighted by Gasteiger charge is -2.43. The number of benzene rings is 2. The van der Waals surface area contributed by atoms with E-state index in [4.69, 9.17) is 18.9 Å². The number of hydrogen-bond acceptors (Lipinski definition) is 10. The minimum Gasteiger partial charge on any atom is -0.481 e. The van der Waals surface area contributed by atoms with Crippen molar-refractivity contribution in [3.05, 3.63) is 90.3 Å². The van der Waals surface area contributed by atoms with Crippen molar-refractivity contribution >= 4 is 53.6 Å². The maximum atomic E-state index is 12.2. The van der Waals surface area contributed by atoms with E-state index in [0.717, 1.165) is 12.8 Å². The molecule has 0 bridgehead atoms. The quantitative estimate of drug-likeness (QED) is 0.114. The number of nitrogens with one attached hydrogen (secondary N) is 2. The first kappa shape index (κ1) is 36.9. The minimum absolute atomic E-state index is 0.0188. The SMILES string of the molecule is CCCC(CCO[Si](c1ccccc1)(c1ccccc1)C(C)(C)C)Nc1nc(NC(=O)OC)nc2cnn(Cc3cc(C(=O)O)cnc3OC)c12. The zero-order chi connectivity index (χ0) is 36.6. The number of carbonyl (C=O) groups excluding carboxylic acids is 1. The molecule has 5 aromatic rings. The minimum atomic E-state index is -2.76. The lowest BCUT2D eigenvalue weighted by atomic mass is 10.1. The Morgan fingerprint density at radius 2 is 1.63 bits per heavy atom. The van der Waals surface area contributed by atoms with Gasteiger partial charge in [-0.05, 0) is 34.3 Å². The van der Waals surface area contributed by atoms with Gasteiger partial charge in [0.25, 0.3) is 8.32 Å². The number of aromatic nitrogens is 5. The van der Waals surface area contributed by atoms with E-state index in [1.165, 1.54) is 36.9 Å². The largest absolute Gasteiger partial charge is 0.481 e. The standard InChI is InChI=1S/C37H45N7O6Si/c1-7-14-27(19-20-50-51(37(2,3)4,28-15-10-8-11-16-28)29-17-12-9-13-18-29)40-32-31-30(41-35(42-32)43-36(47)49-6)23-39-44(31)24-26-21-25(34(45)46)22-38-33(26)48-5/h8-13,15-18,21-23,27H,7,14,19-20,24H2,1-6H3,(H,45,46)(H2,40,41,42,43,47). The van der Waals surface area contributed by atoms with Gasteiger partial charge in [0, 0.05) is 24.4 Å². The first-order valence-electron chi connectivity index (χ1n) is 16.9. The maximum Gasteiger partial charge on any atom is 0.413 e. The van der Waals surface area contributed by atoms with E-state index in [-0.39, 0.29) is 35.0 Å². The van der Waals surface area contributed by atoms with Crippen molar-refractivity contribution < 1.29 is 28.6 Å². The Morgan fingerprint density at radius 1 is 0.961 bits per heavy atom. The predicted molar refractivity (Wildman–Crippen MR) is 199 cm³/mol. The number of rotatable bonds is 15. The normalized spacial score (nSPS) is 12.4. The van der Waals surface area contributed by atoms with Gasteiger partial charge in [-0.3, -0.25) is 10.00 Å². The molecule has 1 amide bonds. The number of carbonyl (C=O) groups is 2. The van der Waals surface area contributed by atoms with Gasteiger partial charge in [0.15, 0.2) is 5.82 Å². The average Bonchev–Trinajstić information content (AvgIpc) is 3.52. The smallest absolute Gasteiger partial charge is 0.413 e. The van der Waals surface area contributed by atoms with Crippen molar-refractivity contribution in [2.24, 2.45) is 0 Å². The van der Waals surface area contributed by atoms with Crippen molar-refractivity contribution in [3.63, 3.8) is 0 Å². The molecular formula is C37H45N7O6Si. The Labute approximate surface area is 298 Å². The summed E-state index contributed by atoms with van der Waals surface area (Å²) < 4.78 is 19.1.